The second-order valence-electron chi connectivity index (χ2n) is 7.86. The average molecular weight is 388 g/mol. The molecule has 0 spiro atoms. The summed E-state index contributed by atoms with van der Waals surface area (Å²) in [5, 5.41) is 19.4. The molecule has 10 nitrogen and oxygen atoms in total. The maximum absolute atomic E-state index is 10.9. The molecule has 2 fully saturated rings. The molecule has 2 aromatic rings. The third-order valence-corrected chi connectivity index (χ3v) is 6.02. The van der Waals surface area contributed by atoms with E-state index in [0.29, 0.717) is 12.4 Å². The summed E-state index contributed by atoms with van der Waals surface area (Å²) in [6.45, 7) is 5.56. The predicted molar refractivity (Wildman–Crippen MR) is 103 cm³/mol. The average Bonchev–Trinajstić information content (AvgIpc) is 3.30. The van der Waals surface area contributed by atoms with Gasteiger partial charge < -0.3 is 10.1 Å². The number of aromatic nitrogens is 5. The van der Waals surface area contributed by atoms with Crippen LogP contribution in [0.15, 0.2) is 12.4 Å². The van der Waals surface area contributed by atoms with Gasteiger partial charge in [-0.1, -0.05) is 24.5 Å². The number of piperazine rings is 1. The summed E-state index contributed by atoms with van der Waals surface area (Å²) in [6.07, 6.45) is 10.1. The maximum Gasteiger partial charge on any atom is 0.342 e. The van der Waals surface area contributed by atoms with E-state index in [1.807, 2.05) is 6.20 Å². The van der Waals surface area contributed by atoms with Gasteiger partial charge in [-0.15, -0.1) is 5.10 Å². The Bertz CT molecular complexity index is 802. The lowest BCUT2D eigenvalue weighted by molar-refractivity contribution is -0.391. The van der Waals surface area contributed by atoms with Gasteiger partial charge in [0.2, 0.25) is 5.82 Å². The minimum Gasteiger partial charge on any atom is -0.358 e. The molecule has 4 rings (SSSR count). The summed E-state index contributed by atoms with van der Waals surface area (Å²) < 4.78 is 3.17. The summed E-state index contributed by atoms with van der Waals surface area (Å²) in [7, 11) is 1.64. The number of imidazole rings is 1. The Balaban J connectivity index is 1.29. The molecule has 0 atom stereocenters. The van der Waals surface area contributed by atoms with Gasteiger partial charge in [0.05, 0.1) is 18.9 Å². The van der Waals surface area contributed by atoms with Crippen LogP contribution in [0.5, 0.6) is 0 Å². The van der Waals surface area contributed by atoms with Crippen molar-refractivity contribution in [1.82, 2.24) is 34.3 Å². The number of rotatable bonds is 6. The summed E-state index contributed by atoms with van der Waals surface area (Å²) in [6, 6.07) is 0.790. The van der Waals surface area contributed by atoms with Crippen LogP contribution in [0.2, 0.25) is 0 Å². The van der Waals surface area contributed by atoms with E-state index in [1.54, 1.807) is 11.7 Å². The first-order chi connectivity index (χ1) is 13.6. The Morgan fingerprint density at radius 2 is 1.89 bits per heavy atom. The molecule has 3 heterocycles. The molecule has 0 unspecified atom stereocenters. The van der Waals surface area contributed by atoms with Crippen molar-refractivity contribution in [3.63, 3.8) is 0 Å². The molecular weight excluding hydrogens is 360 g/mol. The van der Waals surface area contributed by atoms with E-state index in [2.05, 4.69) is 25.1 Å². The van der Waals surface area contributed by atoms with Crippen molar-refractivity contribution in [3.8, 4) is 0 Å². The highest BCUT2D eigenvalue weighted by molar-refractivity contribution is 5.18. The largest absolute Gasteiger partial charge is 0.358 e. The van der Waals surface area contributed by atoms with E-state index in [4.69, 9.17) is 0 Å². The van der Waals surface area contributed by atoms with Crippen LogP contribution >= 0.6 is 0 Å². The van der Waals surface area contributed by atoms with E-state index in [-0.39, 0.29) is 5.82 Å². The molecule has 0 N–H and O–H groups in total. The molecule has 0 aromatic carbocycles. The van der Waals surface area contributed by atoms with Gasteiger partial charge in [0.15, 0.2) is 0 Å². The number of hydrogen-bond donors (Lipinski definition) is 0. The predicted octanol–water partition coefficient (Wildman–Crippen LogP) is 1.42. The zero-order chi connectivity index (χ0) is 19.5. The summed E-state index contributed by atoms with van der Waals surface area (Å²) in [4.78, 5) is 19.7. The highest BCUT2D eigenvalue weighted by Crippen LogP contribution is 2.23. The molecule has 152 valence electrons. The van der Waals surface area contributed by atoms with Gasteiger partial charge in [-0.3, -0.25) is 9.80 Å². The molecule has 1 aliphatic carbocycles. The molecule has 2 aromatic heterocycles. The van der Waals surface area contributed by atoms with Crippen molar-refractivity contribution in [3.05, 3.63) is 34.0 Å². The topological polar surface area (TPSA) is 98.1 Å². The monoisotopic (exact) mass is 388 g/mol. The van der Waals surface area contributed by atoms with Gasteiger partial charge in [-0.25, -0.2) is 14.2 Å². The fourth-order valence-electron chi connectivity index (χ4n) is 4.35. The van der Waals surface area contributed by atoms with Gasteiger partial charge in [0.1, 0.15) is 12.7 Å². The first-order valence-electron chi connectivity index (χ1n) is 10.1. The molecule has 28 heavy (non-hydrogen) atoms. The van der Waals surface area contributed by atoms with Crippen molar-refractivity contribution in [2.24, 2.45) is 7.05 Å². The Morgan fingerprint density at radius 1 is 1.14 bits per heavy atom. The molecule has 1 saturated carbocycles. The zero-order valence-corrected chi connectivity index (χ0v) is 16.4. The Labute approximate surface area is 164 Å². The van der Waals surface area contributed by atoms with E-state index in [9.17, 15) is 10.1 Å². The molecule has 1 aliphatic heterocycles. The first kappa shape index (κ1) is 19.0. The van der Waals surface area contributed by atoms with Gasteiger partial charge in [0.25, 0.3) is 0 Å². The highest BCUT2D eigenvalue weighted by Gasteiger charge is 2.25. The van der Waals surface area contributed by atoms with Crippen LogP contribution in [0.1, 0.15) is 43.6 Å². The van der Waals surface area contributed by atoms with Gasteiger partial charge >= 0.3 is 5.82 Å². The minimum absolute atomic E-state index is 0.0221. The second-order valence-corrected chi connectivity index (χ2v) is 7.86. The quantitative estimate of drug-likeness (QED) is 0.545. The SMILES string of the molecule is Cn1c([N+](=O)[O-])cnc1Cn1cc(CN2CCN(C3CCCCC3)CC2)nn1. The van der Waals surface area contributed by atoms with Crippen molar-refractivity contribution in [2.45, 2.75) is 51.2 Å². The molecule has 0 radical (unpaired) electrons. The van der Waals surface area contributed by atoms with Crippen LogP contribution in [0, 0.1) is 10.1 Å². The lowest BCUT2D eigenvalue weighted by atomic mass is 9.94. The summed E-state index contributed by atoms with van der Waals surface area (Å²) >= 11 is 0. The van der Waals surface area contributed by atoms with E-state index in [0.717, 1.165) is 44.5 Å². The van der Waals surface area contributed by atoms with Crippen LogP contribution in [0.4, 0.5) is 5.82 Å². The van der Waals surface area contributed by atoms with Crippen molar-refractivity contribution >= 4 is 5.82 Å². The summed E-state index contributed by atoms with van der Waals surface area (Å²) in [5.74, 6) is 0.565. The number of nitro groups is 1. The second kappa shape index (κ2) is 8.36. The van der Waals surface area contributed by atoms with Gasteiger partial charge in [0, 0.05) is 38.8 Å². The molecule has 0 amide bonds. The lowest BCUT2D eigenvalue weighted by Gasteiger charge is -2.40. The van der Waals surface area contributed by atoms with Crippen molar-refractivity contribution in [1.29, 1.82) is 0 Å². The summed E-state index contributed by atoms with van der Waals surface area (Å²) in [5.41, 5.74) is 0.926. The molecule has 2 aliphatic rings. The molecule has 0 bridgehead atoms. The van der Waals surface area contributed by atoms with Crippen molar-refractivity contribution in [2.75, 3.05) is 26.2 Å². The van der Waals surface area contributed by atoms with Crippen LogP contribution in [-0.2, 0) is 20.1 Å². The van der Waals surface area contributed by atoms with E-state index in [1.165, 1.54) is 42.9 Å². The van der Waals surface area contributed by atoms with E-state index >= 15 is 0 Å². The Morgan fingerprint density at radius 3 is 2.57 bits per heavy atom. The van der Waals surface area contributed by atoms with Gasteiger partial charge in [-0.2, -0.15) is 0 Å². The van der Waals surface area contributed by atoms with Crippen LogP contribution < -0.4 is 0 Å². The molecule has 1 saturated heterocycles. The number of nitrogens with zero attached hydrogens (tertiary/aromatic N) is 8. The molecular formula is C18H28N8O2. The van der Waals surface area contributed by atoms with Crippen LogP contribution in [0.25, 0.3) is 0 Å². The first-order valence-corrected chi connectivity index (χ1v) is 10.1. The van der Waals surface area contributed by atoms with Crippen LogP contribution in [-0.4, -0.2) is 71.5 Å². The lowest BCUT2D eigenvalue weighted by Crippen LogP contribution is -2.50. The minimum atomic E-state index is -0.434. The van der Waals surface area contributed by atoms with Crippen LogP contribution in [0.3, 0.4) is 0 Å². The third-order valence-electron chi connectivity index (χ3n) is 6.02. The smallest absolute Gasteiger partial charge is 0.342 e. The fourth-order valence-corrected chi connectivity index (χ4v) is 4.35. The molecule has 10 heteroatoms. The Kier molecular flexibility index (Phi) is 5.67. The van der Waals surface area contributed by atoms with Gasteiger partial charge in [-0.05, 0) is 17.8 Å². The zero-order valence-electron chi connectivity index (χ0n) is 16.4. The third kappa shape index (κ3) is 4.22. The highest BCUT2D eigenvalue weighted by atomic mass is 16.6. The van der Waals surface area contributed by atoms with E-state index < -0.39 is 4.92 Å². The maximum atomic E-state index is 10.9. The standard InChI is InChI=1S/C18H28N8O2/c1-22-17(19-11-18(22)26(27)28)14-25-13-15(20-21-25)12-23-7-9-24(10-8-23)16-5-3-2-4-6-16/h11,13,16H,2-10,12,14H2,1H3. The normalized spacial score (nSPS) is 19.9. The Hall–Kier alpha value is -2.33. The number of hydrogen-bond acceptors (Lipinski definition) is 7. The van der Waals surface area contributed by atoms with Crippen molar-refractivity contribution < 1.29 is 4.92 Å². The fraction of sp³-hybridized carbons (Fsp3) is 0.722.